The third-order valence-corrected chi connectivity index (χ3v) is 3.49. The number of aryl methyl sites for hydroxylation is 1. The lowest BCUT2D eigenvalue weighted by molar-refractivity contribution is -0.127. The predicted octanol–water partition coefficient (Wildman–Crippen LogP) is -0.0595. The summed E-state index contributed by atoms with van der Waals surface area (Å²) in [5.74, 6) is -0.873. The monoisotopic (exact) mass is 334 g/mol. The van der Waals surface area contributed by atoms with Crippen molar-refractivity contribution in [2.24, 2.45) is 11.7 Å². The third-order valence-electron chi connectivity index (χ3n) is 3.49. The molecule has 0 fully saturated rings. The van der Waals surface area contributed by atoms with Gasteiger partial charge in [0.05, 0.1) is 12.6 Å². The van der Waals surface area contributed by atoms with Crippen molar-refractivity contribution in [3.8, 4) is 0 Å². The molecule has 1 aromatic rings. The zero-order chi connectivity index (χ0) is 18.1. The first-order chi connectivity index (χ1) is 11.3. The summed E-state index contributed by atoms with van der Waals surface area (Å²) in [6, 6.07) is 6.59. The molecule has 0 spiro atoms. The predicted molar refractivity (Wildman–Crippen MR) is 92.3 cm³/mol. The van der Waals surface area contributed by atoms with Crippen molar-refractivity contribution in [1.82, 2.24) is 16.0 Å². The number of carbonyl (C=O) groups excluding carboxylic acids is 3. The Morgan fingerprint density at radius 2 is 1.58 bits per heavy atom. The Balaban J connectivity index is 2.20. The Bertz CT molecular complexity index is 570. The highest BCUT2D eigenvalue weighted by atomic mass is 16.2. The highest BCUT2D eigenvalue weighted by Crippen LogP contribution is 2.02. The van der Waals surface area contributed by atoms with Gasteiger partial charge in [0, 0.05) is 18.7 Å². The Morgan fingerprint density at radius 1 is 1.00 bits per heavy atom. The zero-order valence-corrected chi connectivity index (χ0v) is 14.4. The second-order valence-corrected chi connectivity index (χ2v) is 5.96. The summed E-state index contributed by atoms with van der Waals surface area (Å²) >= 11 is 0. The van der Waals surface area contributed by atoms with Crippen molar-refractivity contribution in [3.63, 3.8) is 0 Å². The highest BCUT2D eigenvalue weighted by molar-refractivity contribution is 5.94. The molecular formula is C17H26N4O3. The van der Waals surface area contributed by atoms with E-state index >= 15 is 0 Å². The van der Waals surface area contributed by atoms with Crippen molar-refractivity contribution in [3.05, 3.63) is 35.4 Å². The van der Waals surface area contributed by atoms with Crippen molar-refractivity contribution >= 4 is 17.7 Å². The van der Waals surface area contributed by atoms with Gasteiger partial charge in [-0.1, -0.05) is 31.5 Å². The van der Waals surface area contributed by atoms with E-state index in [2.05, 4.69) is 16.0 Å². The number of nitrogens with one attached hydrogen (secondary N) is 3. The molecule has 0 bridgehead atoms. The Kier molecular flexibility index (Phi) is 7.91. The first kappa shape index (κ1) is 19.6. The summed E-state index contributed by atoms with van der Waals surface area (Å²) < 4.78 is 0. The molecule has 132 valence electrons. The van der Waals surface area contributed by atoms with Crippen LogP contribution in [0, 0.1) is 12.8 Å². The van der Waals surface area contributed by atoms with Crippen LogP contribution in [0.5, 0.6) is 0 Å². The van der Waals surface area contributed by atoms with Crippen LogP contribution in [0.1, 0.15) is 29.8 Å². The van der Waals surface area contributed by atoms with E-state index in [1.165, 1.54) is 0 Å². The number of amides is 3. The first-order valence-electron chi connectivity index (χ1n) is 7.96. The van der Waals surface area contributed by atoms with Gasteiger partial charge in [0.2, 0.25) is 11.8 Å². The summed E-state index contributed by atoms with van der Waals surface area (Å²) in [6.45, 7) is 6.07. The second kappa shape index (κ2) is 9.67. The maximum atomic E-state index is 11.9. The molecule has 0 heterocycles. The Morgan fingerprint density at radius 3 is 2.17 bits per heavy atom. The largest absolute Gasteiger partial charge is 0.353 e. The van der Waals surface area contributed by atoms with E-state index < -0.39 is 6.04 Å². The number of carbonyl (C=O) groups is 3. The fraction of sp³-hybridized carbons (Fsp3) is 0.471. The molecule has 0 aliphatic carbocycles. The van der Waals surface area contributed by atoms with Gasteiger partial charge >= 0.3 is 0 Å². The number of hydrogen-bond acceptors (Lipinski definition) is 4. The zero-order valence-electron chi connectivity index (χ0n) is 14.4. The van der Waals surface area contributed by atoms with E-state index in [0.717, 1.165) is 5.56 Å². The Hall–Kier alpha value is -2.41. The van der Waals surface area contributed by atoms with Gasteiger partial charge in [-0.05, 0) is 25.0 Å². The lowest BCUT2D eigenvalue weighted by Gasteiger charge is -2.15. The molecule has 7 nitrogen and oxygen atoms in total. The summed E-state index contributed by atoms with van der Waals surface area (Å²) in [7, 11) is 0. The van der Waals surface area contributed by atoms with Gasteiger partial charge in [0.25, 0.3) is 5.91 Å². The lowest BCUT2D eigenvalue weighted by atomic mass is 10.1. The minimum atomic E-state index is -0.633. The van der Waals surface area contributed by atoms with Gasteiger partial charge < -0.3 is 21.7 Å². The fourth-order valence-electron chi connectivity index (χ4n) is 1.84. The first-order valence-corrected chi connectivity index (χ1v) is 7.96. The smallest absolute Gasteiger partial charge is 0.251 e. The molecule has 24 heavy (non-hydrogen) atoms. The van der Waals surface area contributed by atoms with Gasteiger partial charge in [-0.2, -0.15) is 0 Å². The van der Waals surface area contributed by atoms with Crippen LogP contribution >= 0.6 is 0 Å². The van der Waals surface area contributed by atoms with E-state index in [1.54, 1.807) is 12.1 Å². The number of nitrogens with two attached hydrogens (primary N) is 1. The number of benzene rings is 1. The highest BCUT2D eigenvalue weighted by Gasteiger charge is 2.17. The average molecular weight is 334 g/mol. The minimum Gasteiger partial charge on any atom is -0.353 e. The lowest BCUT2D eigenvalue weighted by Crippen LogP contribution is -2.47. The van der Waals surface area contributed by atoms with Crippen LogP contribution in [0.25, 0.3) is 0 Å². The second-order valence-electron chi connectivity index (χ2n) is 5.96. The van der Waals surface area contributed by atoms with E-state index in [9.17, 15) is 14.4 Å². The molecule has 0 aliphatic rings. The molecule has 7 heteroatoms. The average Bonchev–Trinajstić information content (AvgIpc) is 2.56. The van der Waals surface area contributed by atoms with Crippen molar-refractivity contribution in [1.29, 1.82) is 0 Å². The third kappa shape index (κ3) is 6.78. The number of rotatable bonds is 8. The number of hydrogen-bond donors (Lipinski definition) is 4. The molecule has 1 rings (SSSR count). The topological polar surface area (TPSA) is 113 Å². The van der Waals surface area contributed by atoms with Crippen LogP contribution in [-0.4, -0.2) is 43.4 Å². The molecule has 0 unspecified atom stereocenters. The van der Waals surface area contributed by atoms with Crippen molar-refractivity contribution in [2.45, 2.75) is 26.8 Å². The van der Waals surface area contributed by atoms with Gasteiger partial charge in [-0.3, -0.25) is 14.4 Å². The minimum absolute atomic E-state index is 0.00467. The van der Waals surface area contributed by atoms with Crippen molar-refractivity contribution < 1.29 is 14.4 Å². The van der Waals surface area contributed by atoms with Gasteiger partial charge in [-0.15, -0.1) is 0 Å². The Labute approximate surface area is 142 Å². The molecular weight excluding hydrogens is 308 g/mol. The summed E-state index contributed by atoms with van der Waals surface area (Å²) in [4.78, 5) is 35.1. The van der Waals surface area contributed by atoms with E-state index in [1.807, 2.05) is 32.9 Å². The maximum Gasteiger partial charge on any atom is 0.251 e. The summed E-state index contributed by atoms with van der Waals surface area (Å²) in [5, 5.41) is 7.80. The van der Waals surface area contributed by atoms with E-state index in [0.29, 0.717) is 12.1 Å². The molecule has 3 amide bonds. The van der Waals surface area contributed by atoms with Crippen molar-refractivity contribution in [2.75, 3.05) is 19.6 Å². The molecule has 5 N–H and O–H groups in total. The molecule has 0 aliphatic heterocycles. The van der Waals surface area contributed by atoms with Crippen LogP contribution in [0.3, 0.4) is 0 Å². The molecule has 0 saturated heterocycles. The molecule has 1 aromatic carbocycles. The van der Waals surface area contributed by atoms with Gasteiger partial charge in [-0.25, -0.2) is 0 Å². The fourth-order valence-corrected chi connectivity index (χ4v) is 1.84. The quantitative estimate of drug-likeness (QED) is 0.499. The summed E-state index contributed by atoms with van der Waals surface area (Å²) in [5.41, 5.74) is 7.33. The van der Waals surface area contributed by atoms with Crippen LogP contribution in [0.2, 0.25) is 0 Å². The van der Waals surface area contributed by atoms with E-state index in [4.69, 9.17) is 5.73 Å². The van der Waals surface area contributed by atoms with Gasteiger partial charge in [0.15, 0.2) is 0 Å². The van der Waals surface area contributed by atoms with Crippen LogP contribution in [0.15, 0.2) is 24.3 Å². The van der Waals surface area contributed by atoms with Gasteiger partial charge in [0.1, 0.15) is 0 Å². The van der Waals surface area contributed by atoms with Crippen LogP contribution in [0.4, 0.5) is 0 Å². The standard InChI is InChI=1S/C17H26N4O3/c1-11(2)15(18)17(24)21-10-14(22)19-8-9-20-16(23)13-6-4-12(3)5-7-13/h4-7,11,15H,8-10,18H2,1-3H3,(H,19,22)(H,20,23)(H,21,24)/t15-/m0/s1. The molecule has 1 atom stereocenters. The molecule has 0 aromatic heterocycles. The molecule has 0 saturated carbocycles. The van der Waals surface area contributed by atoms with Crippen LogP contribution < -0.4 is 21.7 Å². The molecule has 0 radical (unpaired) electrons. The normalized spacial score (nSPS) is 11.7. The van der Waals surface area contributed by atoms with E-state index in [-0.39, 0.29) is 36.7 Å². The maximum absolute atomic E-state index is 11.9. The SMILES string of the molecule is Cc1ccc(C(=O)NCCNC(=O)CNC(=O)[C@@H](N)C(C)C)cc1. The van der Waals surface area contributed by atoms with Crippen LogP contribution in [-0.2, 0) is 9.59 Å². The summed E-state index contributed by atoms with van der Waals surface area (Å²) in [6.07, 6.45) is 0.